The monoisotopic (exact) mass is 436 g/mol. The van der Waals surface area contributed by atoms with E-state index in [-0.39, 0.29) is 23.8 Å². The van der Waals surface area contributed by atoms with E-state index in [0.717, 1.165) is 42.1 Å². The summed E-state index contributed by atoms with van der Waals surface area (Å²) in [4.78, 5) is 13.8. The molecule has 0 spiro atoms. The quantitative estimate of drug-likeness (QED) is 0.352. The average Bonchev–Trinajstić information content (AvgIpc) is 2.75. The van der Waals surface area contributed by atoms with Crippen LogP contribution in [0.15, 0.2) is 47.5 Å². The number of aromatic nitrogens is 2. The molecule has 160 valence electrons. The summed E-state index contributed by atoms with van der Waals surface area (Å²) in [6.45, 7) is 0. The number of hydrogen-bond donors (Lipinski definition) is 4. The number of benzene rings is 2. The summed E-state index contributed by atoms with van der Waals surface area (Å²) in [7, 11) is 0. The number of nitrogens with one attached hydrogen (secondary N) is 1. The van der Waals surface area contributed by atoms with E-state index in [9.17, 15) is 5.11 Å². The number of aromatic hydroxyl groups is 1. The summed E-state index contributed by atoms with van der Waals surface area (Å²) in [5, 5.41) is 15.0. The molecule has 2 atom stereocenters. The van der Waals surface area contributed by atoms with Gasteiger partial charge >= 0.3 is 0 Å². The van der Waals surface area contributed by atoms with Gasteiger partial charge in [0.25, 0.3) is 0 Å². The van der Waals surface area contributed by atoms with Crippen LogP contribution < -0.4 is 16.8 Å². The third-order valence-electron chi connectivity index (χ3n) is 5.36. The third kappa shape index (κ3) is 5.24. The van der Waals surface area contributed by atoms with Crippen molar-refractivity contribution in [1.29, 1.82) is 0 Å². The molecular weight excluding hydrogens is 412 g/mol. The highest BCUT2D eigenvalue weighted by atomic mass is 35.5. The minimum absolute atomic E-state index is 0.0193. The number of anilines is 1. The Kier molecular flexibility index (Phi) is 6.23. The maximum atomic E-state index is 10.0. The molecule has 2 aromatic carbocycles. The highest BCUT2D eigenvalue weighted by molar-refractivity contribution is 6.30. The molecule has 0 bridgehead atoms. The summed E-state index contributed by atoms with van der Waals surface area (Å²) >= 11 is 5.96. The zero-order chi connectivity index (χ0) is 21.8. The first-order valence-corrected chi connectivity index (χ1v) is 10.7. The van der Waals surface area contributed by atoms with E-state index in [4.69, 9.17) is 28.1 Å². The van der Waals surface area contributed by atoms with E-state index in [1.165, 1.54) is 0 Å². The molecule has 0 radical (unpaired) electrons. The van der Waals surface area contributed by atoms with Crippen molar-refractivity contribution in [2.45, 2.75) is 37.8 Å². The van der Waals surface area contributed by atoms with Gasteiger partial charge in [-0.3, -0.25) is 0 Å². The SMILES string of the molecule is NC(N)=NC1CCCCC1Nc1nc(/C=C/c2ccc(Cl)cc2)nc2ccc(O)cc12. The first-order chi connectivity index (χ1) is 15.0. The van der Waals surface area contributed by atoms with E-state index in [0.29, 0.717) is 16.7 Å². The van der Waals surface area contributed by atoms with E-state index in [1.54, 1.807) is 18.2 Å². The molecule has 31 heavy (non-hydrogen) atoms. The van der Waals surface area contributed by atoms with Crippen molar-refractivity contribution in [3.8, 4) is 5.75 Å². The number of aliphatic imine (C=N–C) groups is 1. The Morgan fingerprint density at radius 2 is 1.84 bits per heavy atom. The fraction of sp³-hybridized carbons (Fsp3) is 0.261. The first-order valence-electron chi connectivity index (χ1n) is 10.3. The van der Waals surface area contributed by atoms with Crippen molar-refractivity contribution >= 4 is 46.4 Å². The van der Waals surface area contributed by atoms with Crippen LogP contribution in [-0.2, 0) is 0 Å². The lowest BCUT2D eigenvalue weighted by molar-refractivity contribution is 0.405. The molecule has 3 aromatic rings. The number of nitrogens with zero attached hydrogens (tertiary/aromatic N) is 3. The van der Waals surface area contributed by atoms with Crippen molar-refractivity contribution in [3.05, 3.63) is 58.9 Å². The lowest BCUT2D eigenvalue weighted by Gasteiger charge is -2.30. The second-order valence-electron chi connectivity index (χ2n) is 7.67. The van der Waals surface area contributed by atoms with Crippen LogP contribution >= 0.6 is 11.6 Å². The molecule has 4 rings (SSSR count). The van der Waals surface area contributed by atoms with Crippen LogP contribution in [0.4, 0.5) is 5.82 Å². The number of halogens is 1. The second kappa shape index (κ2) is 9.22. The fourth-order valence-electron chi connectivity index (χ4n) is 3.86. The van der Waals surface area contributed by atoms with Crippen LogP contribution in [-0.4, -0.2) is 33.1 Å². The summed E-state index contributed by atoms with van der Waals surface area (Å²) < 4.78 is 0. The van der Waals surface area contributed by atoms with Gasteiger partial charge in [-0.25, -0.2) is 15.0 Å². The standard InChI is InChI=1S/C23H25ClN6O/c24-15-8-5-14(6-9-15)7-12-21-27-18-11-10-16(31)13-17(18)22(30-21)28-19-3-1-2-4-20(19)29-23(25)26/h5-13,19-20,31H,1-4H2,(H4,25,26,29)(H,27,28,30)/b12-7+. The van der Waals surface area contributed by atoms with Crippen molar-refractivity contribution in [3.63, 3.8) is 0 Å². The van der Waals surface area contributed by atoms with Crippen molar-refractivity contribution in [2.24, 2.45) is 16.5 Å². The van der Waals surface area contributed by atoms with E-state index in [2.05, 4.69) is 15.3 Å². The molecule has 6 N–H and O–H groups in total. The van der Waals surface area contributed by atoms with Crippen LogP contribution in [0, 0.1) is 0 Å². The number of fused-ring (bicyclic) bond motifs is 1. The van der Waals surface area contributed by atoms with Gasteiger partial charge in [0.2, 0.25) is 0 Å². The second-order valence-corrected chi connectivity index (χ2v) is 8.11. The van der Waals surface area contributed by atoms with Gasteiger partial charge < -0.3 is 21.9 Å². The molecule has 7 nitrogen and oxygen atoms in total. The Morgan fingerprint density at radius 3 is 2.61 bits per heavy atom. The molecular formula is C23H25ClN6O. The summed E-state index contributed by atoms with van der Waals surface area (Å²) in [6.07, 6.45) is 7.81. The summed E-state index contributed by atoms with van der Waals surface area (Å²) in [6, 6.07) is 12.6. The van der Waals surface area contributed by atoms with Gasteiger partial charge in [-0.1, -0.05) is 42.7 Å². The van der Waals surface area contributed by atoms with Crippen LogP contribution in [0.5, 0.6) is 5.75 Å². The Labute approximate surface area is 185 Å². The molecule has 1 fully saturated rings. The van der Waals surface area contributed by atoms with E-state index >= 15 is 0 Å². The van der Waals surface area contributed by atoms with Crippen LogP contribution in [0.3, 0.4) is 0 Å². The van der Waals surface area contributed by atoms with Crippen molar-refractivity contribution in [1.82, 2.24) is 9.97 Å². The highest BCUT2D eigenvalue weighted by Crippen LogP contribution is 2.29. The van der Waals surface area contributed by atoms with Gasteiger partial charge in [0.1, 0.15) is 11.6 Å². The minimum atomic E-state index is -0.0193. The van der Waals surface area contributed by atoms with Crippen LogP contribution in [0.25, 0.3) is 23.1 Å². The zero-order valence-corrected chi connectivity index (χ0v) is 17.8. The van der Waals surface area contributed by atoms with E-state index < -0.39 is 0 Å². The van der Waals surface area contributed by atoms with Gasteiger partial charge in [-0.05, 0) is 54.8 Å². The van der Waals surface area contributed by atoms with Crippen molar-refractivity contribution < 1.29 is 5.11 Å². The largest absolute Gasteiger partial charge is 0.508 e. The molecule has 1 aromatic heterocycles. The number of guanidine groups is 1. The maximum Gasteiger partial charge on any atom is 0.186 e. The average molecular weight is 437 g/mol. The predicted molar refractivity (Wildman–Crippen MR) is 127 cm³/mol. The lowest BCUT2D eigenvalue weighted by Crippen LogP contribution is -2.38. The fourth-order valence-corrected chi connectivity index (χ4v) is 3.99. The topological polar surface area (TPSA) is 122 Å². The maximum absolute atomic E-state index is 10.0. The lowest BCUT2D eigenvalue weighted by atomic mass is 9.90. The molecule has 8 heteroatoms. The predicted octanol–water partition coefficient (Wildman–Crippen LogP) is 4.16. The van der Waals surface area contributed by atoms with E-state index in [1.807, 2.05) is 36.4 Å². The molecule has 2 unspecified atom stereocenters. The van der Waals surface area contributed by atoms with Gasteiger partial charge in [0.05, 0.1) is 17.6 Å². The van der Waals surface area contributed by atoms with Crippen LogP contribution in [0.2, 0.25) is 5.02 Å². The third-order valence-corrected chi connectivity index (χ3v) is 5.61. The molecule has 0 saturated heterocycles. The number of rotatable bonds is 5. The van der Waals surface area contributed by atoms with Crippen molar-refractivity contribution in [2.75, 3.05) is 5.32 Å². The Hall–Kier alpha value is -3.32. The Morgan fingerprint density at radius 1 is 1.06 bits per heavy atom. The zero-order valence-electron chi connectivity index (χ0n) is 17.0. The number of phenols is 1. The molecule has 1 saturated carbocycles. The molecule has 0 amide bonds. The number of hydrogen-bond acceptors (Lipinski definition) is 5. The van der Waals surface area contributed by atoms with Gasteiger partial charge in [-0.2, -0.15) is 0 Å². The minimum Gasteiger partial charge on any atom is -0.508 e. The van der Waals surface area contributed by atoms with Crippen LogP contribution in [0.1, 0.15) is 37.1 Å². The number of nitrogens with two attached hydrogens (primary N) is 2. The molecule has 0 aliphatic heterocycles. The molecule has 1 aliphatic rings. The first kappa shape index (κ1) is 20.9. The Bertz CT molecular complexity index is 1120. The van der Waals surface area contributed by atoms with Gasteiger partial charge in [0, 0.05) is 10.4 Å². The summed E-state index contributed by atoms with van der Waals surface area (Å²) in [5.74, 6) is 1.47. The summed E-state index contributed by atoms with van der Waals surface area (Å²) in [5.41, 5.74) is 13.0. The highest BCUT2D eigenvalue weighted by Gasteiger charge is 2.26. The normalized spacial score (nSPS) is 18.9. The smallest absolute Gasteiger partial charge is 0.186 e. The number of phenolic OH excluding ortho intramolecular Hbond substituents is 1. The molecule has 1 aliphatic carbocycles. The van der Waals surface area contributed by atoms with Gasteiger partial charge in [-0.15, -0.1) is 0 Å². The molecule has 1 heterocycles. The Balaban J connectivity index is 1.69. The van der Waals surface area contributed by atoms with Gasteiger partial charge in [0.15, 0.2) is 11.8 Å².